The van der Waals surface area contributed by atoms with Gasteiger partial charge in [-0.05, 0) is 57.5 Å². The third kappa shape index (κ3) is 3.93. The Bertz CT molecular complexity index is 1490. The molecule has 0 bridgehead atoms. The lowest BCUT2D eigenvalue weighted by Gasteiger charge is -2.31. The number of ether oxygens (including phenoxy) is 1. The monoisotopic (exact) mass is 502 g/mol. The highest BCUT2D eigenvalue weighted by molar-refractivity contribution is 5.98. The molecule has 5 heterocycles. The number of oxime groups is 1. The van der Waals surface area contributed by atoms with E-state index in [9.17, 15) is 14.7 Å². The van der Waals surface area contributed by atoms with Gasteiger partial charge >= 0.3 is 5.97 Å². The van der Waals surface area contributed by atoms with Crippen molar-refractivity contribution in [3.63, 3.8) is 0 Å². The topological polar surface area (TPSA) is 106 Å². The first-order valence-corrected chi connectivity index (χ1v) is 12.8. The maximum atomic E-state index is 13.4. The average molecular weight is 503 g/mol. The van der Waals surface area contributed by atoms with Crippen LogP contribution in [0.5, 0.6) is 0 Å². The number of cyclic esters (lactones) is 1. The SMILES string of the molecule is CC[C@@]1(O)C(=O)OCc2c1cc1n(c2=O)Cc2cc3cccc(/C=N/OCC4CCN(C)CC4)c3nc2-1. The molecule has 2 aromatic heterocycles. The predicted octanol–water partition coefficient (Wildman–Crippen LogP) is 2.77. The summed E-state index contributed by atoms with van der Waals surface area (Å²) in [6, 6.07) is 9.63. The Morgan fingerprint density at radius 3 is 2.86 bits per heavy atom. The van der Waals surface area contributed by atoms with E-state index in [0.717, 1.165) is 48.0 Å². The van der Waals surface area contributed by atoms with Gasteiger partial charge in [0, 0.05) is 22.1 Å². The number of likely N-dealkylation sites (tertiary alicyclic amines) is 1. The number of carbonyl (C=O) groups excluding carboxylic acids is 1. The first-order valence-electron chi connectivity index (χ1n) is 12.8. The van der Waals surface area contributed by atoms with E-state index in [2.05, 4.69) is 17.1 Å². The quantitative estimate of drug-likeness (QED) is 0.254. The molecule has 3 aromatic rings. The molecule has 0 amide bonds. The maximum absolute atomic E-state index is 13.4. The fourth-order valence-corrected chi connectivity index (χ4v) is 5.61. The highest BCUT2D eigenvalue weighted by atomic mass is 16.6. The van der Waals surface area contributed by atoms with Crippen molar-refractivity contribution in [2.24, 2.45) is 11.1 Å². The van der Waals surface area contributed by atoms with E-state index < -0.39 is 11.6 Å². The number of aromatic nitrogens is 2. The molecule has 0 spiro atoms. The Kier molecular flexibility index (Phi) is 5.84. The molecule has 0 saturated carbocycles. The third-order valence-corrected chi connectivity index (χ3v) is 7.98. The number of pyridine rings is 2. The number of esters is 1. The maximum Gasteiger partial charge on any atom is 0.343 e. The molecule has 3 aliphatic rings. The van der Waals surface area contributed by atoms with Gasteiger partial charge in [0.2, 0.25) is 0 Å². The minimum Gasteiger partial charge on any atom is -0.458 e. The lowest BCUT2D eigenvalue weighted by molar-refractivity contribution is -0.172. The Labute approximate surface area is 214 Å². The van der Waals surface area contributed by atoms with Gasteiger partial charge in [-0.15, -0.1) is 0 Å². The second kappa shape index (κ2) is 9.08. The van der Waals surface area contributed by atoms with Crippen molar-refractivity contribution in [3.05, 3.63) is 62.9 Å². The van der Waals surface area contributed by atoms with Crippen molar-refractivity contribution in [2.75, 3.05) is 26.7 Å². The van der Waals surface area contributed by atoms with Crippen molar-refractivity contribution in [2.45, 2.75) is 44.9 Å². The van der Waals surface area contributed by atoms with Gasteiger partial charge in [-0.1, -0.05) is 30.3 Å². The number of benzene rings is 1. The van der Waals surface area contributed by atoms with Crippen LogP contribution in [0.3, 0.4) is 0 Å². The molecule has 0 radical (unpaired) electrons. The highest BCUT2D eigenvalue weighted by Crippen LogP contribution is 2.38. The minimum absolute atomic E-state index is 0.109. The van der Waals surface area contributed by atoms with Crippen LogP contribution in [0.15, 0.2) is 40.3 Å². The molecular weight excluding hydrogens is 472 g/mol. The van der Waals surface area contributed by atoms with Gasteiger partial charge < -0.3 is 24.1 Å². The molecule has 1 atom stereocenters. The second-order valence-corrected chi connectivity index (χ2v) is 10.3. The van der Waals surface area contributed by atoms with Crippen molar-refractivity contribution >= 4 is 23.1 Å². The van der Waals surface area contributed by atoms with Gasteiger partial charge in [0.25, 0.3) is 5.56 Å². The van der Waals surface area contributed by atoms with Crippen molar-refractivity contribution in [1.29, 1.82) is 0 Å². The highest BCUT2D eigenvalue weighted by Gasteiger charge is 2.45. The second-order valence-electron chi connectivity index (χ2n) is 10.3. The normalized spacial score (nSPS) is 21.6. The number of piperidine rings is 1. The Morgan fingerprint density at radius 1 is 1.27 bits per heavy atom. The molecule has 1 aromatic carbocycles. The van der Waals surface area contributed by atoms with Gasteiger partial charge in [0.15, 0.2) is 5.60 Å². The molecule has 9 nitrogen and oxygen atoms in total. The molecule has 0 unspecified atom stereocenters. The molecule has 37 heavy (non-hydrogen) atoms. The van der Waals surface area contributed by atoms with Crippen molar-refractivity contribution in [1.82, 2.24) is 14.5 Å². The third-order valence-electron chi connectivity index (χ3n) is 7.98. The Morgan fingerprint density at radius 2 is 2.08 bits per heavy atom. The zero-order valence-electron chi connectivity index (χ0n) is 21.1. The fourth-order valence-electron chi connectivity index (χ4n) is 5.61. The summed E-state index contributed by atoms with van der Waals surface area (Å²) in [5.74, 6) is -0.211. The Hall–Kier alpha value is -3.56. The molecule has 1 fully saturated rings. The zero-order chi connectivity index (χ0) is 25.7. The molecule has 6 rings (SSSR count). The van der Waals surface area contributed by atoms with E-state index in [0.29, 0.717) is 41.6 Å². The summed E-state index contributed by atoms with van der Waals surface area (Å²) in [5.41, 5.74) is 2.25. The summed E-state index contributed by atoms with van der Waals surface area (Å²) >= 11 is 0. The number of nitrogens with zero attached hydrogens (tertiary/aromatic N) is 4. The van der Waals surface area contributed by atoms with Crippen LogP contribution in [0.4, 0.5) is 0 Å². The molecular formula is C28H30N4O5. The Balaban J connectivity index is 1.34. The minimum atomic E-state index is -1.84. The number of fused-ring (bicyclic) bond motifs is 5. The summed E-state index contributed by atoms with van der Waals surface area (Å²) in [5, 5.41) is 16.2. The van der Waals surface area contributed by atoms with Gasteiger partial charge in [0.05, 0.1) is 35.2 Å². The lowest BCUT2D eigenvalue weighted by Crippen LogP contribution is -2.44. The zero-order valence-corrected chi connectivity index (χ0v) is 21.1. The summed E-state index contributed by atoms with van der Waals surface area (Å²) in [7, 11) is 2.14. The van der Waals surface area contributed by atoms with Crippen LogP contribution in [0.2, 0.25) is 0 Å². The summed E-state index contributed by atoms with van der Waals surface area (Å²) in [6.07, 6.45) is 4.03. The van der Waals surface area contributed by atoms with Crippen LogP contribution in [-0.4, -0.2) is 58.5 Å². The number of rotatable bonds is 5. The summed E-state index contributed by atoms with van der Waals surface area (Å²) in [4.78, 5) is 38.7. The van der Waals surface area contributed by atoms with E-state index in [-0.39, 0.29) is 18.6 Å². The van der Waals surface area contributed by atoms with Crippen LogP contribution in [0.25, 0.3) is 22.3 Å². The molecule has 9 heteroatoms. The summed E-state index contributed by atoms with van der Waals surface area (Å²) in [6.45, 7) is 4.69. The van der Waals surface area contributed by atoms with E-state index in [1.54, 1.807) is 23.8 Å². The van der Waals surface area contributed by atoms with Gasteiger partial charge in [-0.2, -0.15) is 0 Å². The first kappa shape index (κ1) is 23.8. The first-order chi connectivity index (χ1) is 17.9. The van der Waals surface area contributed by atoms with E-state index in [1.807, 2.05) is 24.3 Å². The molecule has 1 N–H and O–H groups in total. The standard InChI is InChI=1S/C28H30N4O5/c1-3-28(35)22-12-23-25-20(14-32(23)26(33)21(22)16-36-27(28)34)11-18-5-4-6-19(24(18)30-25)13-29-37-15-17-7-9-31(2)10-8-17/h4-6,11-13,17,35H,3,7-10,14-16H2,1-2H3/b29-13+/t28-/m0/s1. The van der Waals surface area contributed by atoms with E-state index >= 15 is 0 Å². The fraction of sp³-hybridized carbons (Fsp3) is 0.429. The number of hydrogen-bond acceptors (Lipinski definition) is 8. The van der Waals surface area contributed by atoms with Crippen LogP contribution in [0.1, 0.15) is 48.4 Å². The predicted molar refractivity (Wildman–Crippen MR) is 138 cm³/mol. The van der Waals surface area contributed by atoms with Crippen LogP contribution >= 0.6 is 0 Å². The van der Waals surface area contributed by atoms with Crippen LogP contribution in [-0.2, 0) is 33.1 Å². The number of carbonyl (C=O) groups is 1. The summed E-state index contributed by atoms with van der Waals surface area (Å²) < 4.78 is 6.79. The number of aliphatic hydroxyl groups is 1. The average Bonchev–Trinajstić information content (AvgIpc) is 3.27. The van der Waals surface area contributed by atoms with Crippen molar-refractivity contribution < 1.29 is 19.5 Å². The molecule has 3 aliphatic heterocycles. The number of para-hydroxylation sites is 1. The van der Waals surface area contributed by atoms with Gasteiger partial charge in [-0.3, -0.25) is 4.79 Å². The molecule has 1 saturated heterocycles. The smallest absolute Gasteiger partial charge is 0.343 e. The van der Waals surface area contributed by atoms with Gasteiger partial charge in [-0.25, -0.2) is 9.78 Å². The molecule has 0 aliphatic carbocycles. The van der Waals surface area contributed by atoms with Crippen molar-refractivity contribution in [3.8, 4) is 11.4 Å². The van der Waals surface area contributed by atoms with Gasteiger partial charge in [0.1, 0.15) is 13.2 Å². The van der Waals surface area contributed by atoms with E-state index in [1.165, 1.54) is 0 Å². The van der Waals surface area contributed by atoms with E-state index in [4.69, 9.17) is 14.6 Å². The number of hydrogen-bond donors (Lipinski definition) is 1. The lowest BCUT2D eigenvalue weighted by atomic mass is 9.86. The molecule has 192 valence electrons. The van der Waals surface area contributed by atoms with Crippen LogP contribution in [0, 0.1) is 5.92 Å². The largest absolute Gasteiger partial charge is 0.458 e. The van der Waals surface area contributed by atoms with Crippen LogP contribution < -0.4 is 5.56 Å².